The van der Waals surface area contributed by atoms with Gasteiger partial charge in [0.1, 0.15) is 0 Å². The molecule has 0 fully saturated rings. The van der Waals surface area contributed by atoms with Crippen molar-refractivity contribution in [3.05, 3.63) is 29.8 Å². The van der Waals surface area contributed by atoms with E-state index in [-0.39, 0.29) is 5.56 Å². The molecule has 0 saturated heterocycles. The molecule has 0 unspecified atom stereocenters. The van der Waals surface area contributed by atoms with Crippen LogP contribution in [0, 0.1) is 0 Å². The maximum absolute atomic E-state index is 13.0. The van der Waals surface area contributed by atoms with Gasteiger partial charge in [0.2, 0.25) is 0 Å². The van der Waals surface area contributed by atoms with Crippen LogP contribution in [0.25, 0.3) is 0 Å². The van der Waals surface area contributed by atoms with Crippen molar-refractivity contribution in [2.24, 2.45) is 0 Å². The van der Waals surface area contributed by atoms with Gasteiger partial charge in [-0.3, -0.25) is 4.79 Å². The summed E-state index contributed by atoms with van der Waals surface area (Å²) in [6.07, 6.45) is -6.60. The van der Waals surface area contributed by atoms with Gasteiger partial charge >= 0.3 is 24.0 Å². The summed E-state index contributed by atoms with van der Waals surface area (Å²) in [5, 5.41) is 5.85. The van der Waals surface area contributed by atoms with E-state index < -0.39 is 45.8 Å². The smallest absolute Gasteiger partial charge is 0.460 e. The quantitative estimate of drug-likeness (QED) is 0.662. The minimum absolute atomic E-state index is 0.288. The fourth-order valence-corrected chi connectivity index (χ4v) is 1.89. The van der Waals surface area contributed by atoms with Crippen molar-refractivity contribution in [3.63, 3.8) is 0 Å². The Morgan fingerprint density at radius 3 is 1.73 bits per heavy atom. The number of benzene rings is 1. The Hall–Kier alpha value is -1.78. The first-order chi connectivity index (χ1) is 9.80. The summed E-state index contributed by atoms with van der Waals surface area (Å²) in [7, 11) is 0. The first kappa shape index (κ1) is 18.3. The molecule has 11 heteroatoms. The third-order valence-electron chi connectivity index (χ3n) is 2.32. The fraction of sp³-hybridized carbons (Fsp3) is 0.273. The summed E-state index contributed by atoms with van der Waals surface area (Å²) in [5.41, 5.74) is -0.288. The second-order valence-corrected chi connectivity index (χ2v) is 4.91. The highest BCUT2D eigenvalue weighted by atomic mass is 32.2. The number of carboxylic acids is 1. The Morgan fingerprint density at radius 2 is 1.36 bits per heavy atom. The molecule has 1 N–H and O–H groups in total. The number of carbonyl (C=O) groups is 2. The Labute approximate surface area is 122 Å². The van der Waals surface area contributed by atoms with Crippen LogP contribution in [0.2, 0.25) is 0 Å². The summed E-state index contributed by atoms with van der Waals surface area (Å²) < 4.78 is 87.1. The van der Waals surface area contributed by atoms with Crippen LogP contribution < -0.4 is 0 Å². The number of alkyl halides is 7. The van der Waals surface area contributed by atoms with Crippen LogP contribution in [-0.4, -0.2) is 34.2 Å². The monoisotopic (exact) mass is 350 g/mol. The van der Waals surface area contributed by atoms with E-state index in [1.54, 1.807) is 0 Å². The molecule has 0 spiro atoms. The second kappa shape index (κ2) is 5.78. The van der Waals surface area contributed by atoms with Crippen molar-refractivity contribution >= 4 is 22.8 Å². The molecule has 1 aromatic carbocycles. The molecule has 0 radical (unpaired) electrons. The number of rotatable bonds is 4. The van der Waals surface area contributed by atoms with E-state index in [9.17, 15) is 40.3 Å². The number of hydrogen-bond acceptors (Lipinski definition) is 3. The van der Waals surface area contributed by atoms with Crippen LogP contribution >= 0.6 is 11.8 Å². The molecule has 1 aromatic rings. The Bertz CT molecular complexity index is 580. The normalized spacial score (nSPS) is 13.0. The maximum atomic E-state index is 13.0. The molecule has 0 atom stereocenters. The van der Waals surface area contributed by atoms with E-state index in [1.165, 1.54) is 0 Å². The lowest BCUT2D eigenvalue weighted by Crippen LogP contribution is -2.55. The summed E-state index contributed by atoms with van der Waals surface area (Å²) in [4.78, 5) is 21.2. The molecular formula is C11H5F7O3S. The predicted molar refractivity (Wildman–Crippen MR) is 60.2 cm³/mol. The Morgan fingerprint density at radius 1 is 0.909 bits per heavy atom. The van der Waals surface area contributed by atoms with Crippen molar-refractivity contribution in [3.8, 4) is 0 Å². The highest BCUT2D eigenvalue weighted by molar-refractivity contribution is 8.13. The van der Waals surface area contributed by atoms with Crippen molar-refractivity contribution in [1.29, 1.82) is 0 Å². The summed E-state index contributed by atoms with van der Waals surface area (Å²) >= 11 is -0.548. The van der Waals surface area contributed by atoms with Gasteiger partial charge in [-0.1, -0.05) is 0 Å². The number of thioether (sulfide) groups is 1. The minimum Gasteiger partial charge on any atom is -0.478 e. The lowest BCUT2D eigenvalue weighted by atomic mass is 10.2. The highest BCUT2D eigenvalue weighted by Crippen LogP contribution is 2.48. The third kappa shape index (κ3) is 3.34. The van der Waals surface area contributed by atoms with Gasteiger partial charge in [-0.05, 0) is 36.0 Å². The van der Waals surface area contributed by atoms with E-state index in [4.69, 9.17) is 5.11 Å². The van der Waals surface area contributed by atoms with Gasteiger partial charge in [-0.15, -0.1) is 0 Å². The lowest BCUT2D eigenvalue weighted by Gasteiger charge is -2.26. The molecule has 122 valence electrons. The molecule has 0 heterocycles. The second-order valence-electron chi connectivity index (χ2n) is 3.87. The Balaban J connectivity index is 2.98. The van der Waals surface area contributed by atoms with Gasteiger partial charge in [0.05, 0.1) is 5.56 Å². The highest BCUT2D eigenvalue weighted by Gasteiger charge is 2.76. The van der Waals surface area contributed by atoms with Gasteiger partial charge < -0.3 is 5.11 Å². The maximum Gasteiger partial charge on any atom is 0.460 e. The van der Waals surface area contributed by atoms with E-state index in [2.05, 4.69) is 0 Å². The van der Waals surface area contributed by atoms with Crippen LogP contribution in [-0.2, 0) is 4.79 Å². The van der Waals surface area contributed by atoms with Gasteiger partial charge in [-0.25, -0.2) is 4.79 Å². The van der Waals surface area contributed by atoms with Crippen molar-refractivity contribution < 1.29 is 45.4 Å². The molecule has 0 amide bonds. The molecule has 0 aliphatic heterocycles. The minimum atomic E-state index is -6.60. The zero-order chi connectivity index (χ0) is 17.3. The van der Waals surface area contributed by atoms with E-state index in [0.29, 0.717) is 0 Å². The standard InChI is InChI=1S/C11H5F7O3S/c12-9(13,10(14,15)11(16,17)18)8(21)22-6-3-1-5(2-4-6)7(19)20/h1-4H,(H,19,20). The third-order valence-corrected chi connectivity index (χ3v) is 3.27. The molecule has 22 heavy (non-hydrogen) atoms. The molecule has 0 bridgehead atoms. The van der Waals surface area contributed by atoms with Crippen LogP contribution in [0.5, 0.6) is 0 Å². The van der Waals surface area contributed by atoms with Crippen molar-refractivity contribution in [2.45, 2.75) is 22.9 Å². The first-order valence-electron chi connectivity index (χ1n) is 5.18. The molecule has 0 aromatic heterocycles. The average molecular weight is 350 g/mol. The number of hydrogen-bond donors (Lipinski definition) is 1. The lowest BCUT2D eigenvalue weighted by molar-refractivity contribution is -0.341. The molecule has 1 rings (SSSR count). The van der Waals surface area contributed by atoms with E-state index in [1.807, 2.05) is 0 Å². The molecule has 0 aliphatic carbocycles. The topological polar surface area (TPSA) is 54.4 Å². The largest absolute Gasteiger partial charge is 0.478 e. The van der Waals surface area contributed by atoms with Crippen LogP contribution in [0.1, 0.15) is 10.4 Å². The van der Waals surface area contributed by atoms with Gasteiger partial charge in [0, 0.05) is 4.90 Å². The molecule has 0 aliphatic rings. The SMILES string of the molecule is O=C(O)c1ccc(SC(=O)C(F)(F)C(F)(F)C(F)(F)F)cc1. The molecular weight excluding hydrogens is 345 g/mol. The molecule has 0 saturated carbocycles. The summed E-state index contributed by atoms with van der Waals surface area (Å²) in [5.74, 6) is -13.9. The van der Waals surface area contributed by atoms with Crippen LogP contribution in [0.15, 0.2) is 29.2 Å². The van der Waals surface area contributed by atoms with Crippen LogP contribution in [0.4, 0.5) is 30.7 Å². The summed E-state index contributed by atoms with van der Waals surface area (Å²) in [6.45, 7) is 0. The number of halogens is 7. The van der Waals surface area contributed by atoms with Gasteiger partial charge in [0.15, 0.2) is 0 Å². The number of aromatic carboxylic acids is 1. The number of carboxylic acid groups (broad SMARTS) is 1. The first-order valence-corrected chi connectivity index (χ1v) is 6.00. The van der Waals surface area contributed by atoms with Crippen LogP contribution in [0.3, 0.4) is 0 Å². The fourth-order valence-electron chi connectivity index (χ4n) is 1.14. The van der Waals surface area contributed by atoms with Crippen molar-refractivity contribution in [2.75, 3.05) is 0 Å². The number of carbonyl (C=O) groups excluding carboxylic acids is 1. The predicted octanol–water partition coefficient (Wildman–Crippen LogP) is 3.84. The van der Waals surface area contributed by atoms with E-state index in [0.717, 1.165) is 24.3 Å². The van der Waals surface area contributed by atoms with Gasteiger partial charge in [0.25, 0.3) is 5.12 Å². The summed E-state index contributed by atoms with van der Waals surface area (Å²) in [6, 6.07) is 3.40. The van der Waals surface area contributed by atoms with Crippen molar-refractivity contribution in [1.82, 2.24) is 0 Å². The van der Waals surface area contributed by atoms with E-state index >= 15 is 0 Å². The Kier molecular flexibility index (Phi) is 4.80. The zero-order valence-electron chi connectivity index (χ0n) is 10.1. The van der Waals surface area contributed by atoms with Gasteiger partial charge in [-0.2, -0.15) is 30.7 Å². The average Bonchev–Trinajstić information content (AvgIpc) is 2.37. The zero-order valence-corrected chi connectivity index (χ0v) is 10.9. The molecule has 3 nitrogen and oxygen atoms in total.